The quantitative estimate of drug-likeness (QED) is 0.812. The van der Waals surface area contributed by atoms with Crippen molar-refractivity contribution in [1.82, 2.24) is 4.90 Å². The van der Waals surface area contributed by atoms with Gasteiger partial charge in [0, 0.05) is 12.2 Å². The molecule has 1 heterocycles. The Labute approximate surface area is 123 Å². The van der Waals surface area contributed by atoms with Crippen molar-refractivity contribution >= 4 is 17.6 Å². The van der Waals surface area contributed by atoms with Gasteiger partial charge >= 0.3 is 5.97 Å². The highest BCUT2D eigenvalue weighted by molar-refractivity contribution is 5.99. The van der Waals surface area contributed by atoms with E-state index in [1.165, 1.54) is 4.90 Å². The van der Waals surface area contributed by atoms with Crippen LogP contribution in [0.25, 0.3) is 0 Å². The van der Waals surface area contributed by atoms with Gasteiger partial charge in [0.1, 0.15) is 5.92 Å². The van der Waals surface area contributed by atoms with E-state index in [9.17, 15) is 14.7 Å². The molecular weight excluding hydrogens is 272 g/mol. The predicted molar refractivity (Wildman–Crippen MR) is 78.0 cm³/mol. The minimum atomic E-state index is -0.944. The monoisotopic (exact) mass is 292 g/mol. The second-order valence-corrected chi connectivity index (χ2v) is 5.23. The molecule has 0 aliphatic carbocycles. The molecule has 2 unspecified atom stereocenters. The van der Waals surface area contributed by atoms with E-state index in [0.717, 1.165) is 5.56 Å². The summed E-state index contributed by atoms with van der Waals surface area (Å²) in [6, 6.07) is 4.79. The second kappa shape index (κ2) is 6.13. The Morgan fingerprint density at radius 1 is 1.43 bits per heavy atom. The number of ether oxygens (including phenoxy) is 1. The minimum Gasteiger partial charge on any atom is -0.481 e. The molecular formula is C15H20N2O4. The molecule has 0 bridgehead atoms. The number of nitrogens with two attached hydrogens (primary N) is 1. The van der Waals surface area contributed by atoms with Gasteiger partial charge in [-0.25, -0.2) is 0 Å². The number of nitrogen functional groups attached to an aromatic ring is 1. The predicted octanol–water partition coefficient (Wildman–Crippen LogP) is 1.14. The van der Waals surface area contributed by atoms with Crippen molar-refractivity contribution in [3.63, 3.8) is 0 Å². The molecule has 1 amide bonds. The standard InChI is InChI=1S/C15H20N2O4/c1-3-17(13-8-21-7-11(13)15(19)20)14(18)10-6-9(2)4-5-12(10)16/h4-6,11,13H,3,7-8,16H2,1-2H3,(H,19,20). The van der Waals surface area contributed by atoms with Gasteiger partial charge in [-0.1, -0.05) is 11.6 Å². The highest BCUT2D eigenvalue weighted by Crippen LogP contribution is 2.24. The zero-order chi connectivity index (χ0) is 15.6. The zero-order valence-electron chi connectivity index (χ0n) is 12.2. The van der Waals surface area contributed by atoms with E-state index in [1.807, 2.05) is 19.9 Å². The van der Waals surface area contributed by atoms with E-state index in [-0.39, 0.29) is 19.1 Å². The number of aryl methyl sites for hydroxylation is 1. The van der Waals surface area contributed by atoms with Gasteiger partial charge in [-0.2, -0.15) is 0 Å². The maximum atomic E-state index is 12.7. The van der Waals surface area contributed by atoms with Gasteiger partial charge < -0.3 is 20.5 Å². The first-order valence-electron chi connectivity index (χ1n) is 6.93. The first-order chi connectivity index (χ1) is 9.95. The van der Waals surface area contributed by atoms with Crippen LogP contribution in [0.2, 0.25) is 0 Å². The molecule has 0 spiro atoms. The van der Waals surface area contributed by atoms with Gasteiger partial charge in [-0.15, -0.1) is 0 Å². The molecule has 2 rings (SSSR count). The molecule has 1 fully saturated rings. The molecule has 1 aromatic carbocycles. The average Bonchev–Trinajstić information content (AvgIpc) is 2.91. The lowest BCUT2D eigenvalue weighted by molar-refractivity contribution is -0.142. The summed E-state index contributed by atoms with van der Waals surface area (Å²) in [7, 11) is 0. The first kappa shape index (κ1) is 15.3. The van der Waals surface area contributed by atoms with Crippen LogP contribution in [0.3, 0.4) is 0 Å². The van der Waals surface area contributed by atoms with Crippen LogP contribution in [0.15, 0.2) is 18.2 Å². The van der Waals surface area contributed by atoms with E-state index >= 15 is 0 Å². The Balaban J connectivity index is 2.30. The molecule has 1 aromatic rings. The topological polar surface area (TPSA) is 92.9 Å². The number of carboxylic acids is 1. The van der Waals surface area contributed by atoms with Crippen LogP contribution in [0.1, 0.15) is 22.8 Å². The number of anilines is 1. The fourth-order valence-electron chi connectivity index (χ4n) is 2.62. The van der Waals surface area contributed by atoms with Crippen LogP contribution >= 0.6 is 0 Å². The van der Waals surface area contributed by atoms with Gasteiger partial charge in [0.15, 0.2) is 0 Å². The van der Waals surface area contributed by atoms with Crippen molar-refractivity contribution < 1.29 is 19.4 Å². The van der Waals surface area contributed by atoms with Crippen LogP contribution in [0.4, 0.5) is 5.69 Å². The second-order valence-electron chi connectivity index (χ2n) is 5.23. The number of rotatable bonds is 4. The van der Waals surface area contributed by atoms with Crippen LogP contribution in [-0.2, 0) is 9.53 Å². The number of carbonyl (C=O) groups is 2. The Morgan fingerprint density at radius 2 is 2.14 bits per heavy atom. The molecule has 1 aliphatic heterocycles. The van der Waals surface area contributed by atoms with Crippen molar-refractivity contribution in [2.24, 2.45) is 5.92 Å². The van der Waals surface area contributed by atoms with Crippen molar-refractivity contribution in [1.29, 1.82) is 0 Å². The molecule has 1 aliphatic rings. The van der Waals surface area contributed by atoms with E-state index in [1.54, 1.807) is 12.1 Å². The summed E-state index contributed by atoms with van der Waals surface area (Å²) in [5.74, 6) is -1.89. The molecule has 2 atom stereocenters. The summed E-state index contributed by atoms with van der Waals surface area (Å²) in [6.07, 6.45) is 0. The molecule has 6 heteroatoms. The maximum absolute atomic E-state index is 12.7. The highest BCUT2D eigenvalue weighted by Gasteiger charge is 2.39. The number of nitrogens with zero attached hydrogens (tertiary/aromatic N) is 1. The molecule has 21 heavy (non-hydrogen) atoms. The Morgan fingerprint density at radius 3 is 2.76 bits per heavy atom. The lowest BCUT2D eigenvalue weighted by atomic mass is 10.0. The molecule has 6 nitrogen and oxygen atoms in total. The number of likely N-dealkylation sites (N-methyl/N-ethyl adjacent to an activating group) is 1. The minimum absolute atomic E-state index is 0.132. The number of benzene rings is 1. The number of hydrogen-bond acceptors (Lipinski definition) is 4. The maximum Gasteiger partial charge on any atom is 0.311 e. The largest absolute Gasteiger partial charge is 0.481 e. The Kier molecular flexibility index (Phi) is 4.47. The molecule has 0 saturated carbocycles. The van der Waals surface area contributed by atoms with Crippen molar-refractivity contribution in [3.8, 4) is 0 Å². The summed E-state index contributed by atoms with van der Waals surface area (Å²) >= 11 is 0. The molecule has 0 aromatic heterocycles. The normalized spacial score (nSPS) is 21.2. The number of aliphatic carboxylic acids is 1. The van der Waals surface area contributed by atoms with E-state index in [4.69, 9.17) is 10.5 Å². The molecule has 114 valence electrons. The highest BCUT2D eigenvalue weighted by atomic mass is 16.5. The van der Waals surface area contributed by atoms with Crippen LogP contribution in [0.5, 0.6) is 0 Å². The number of hydrogen-bond donors (Lipinski definition) is 2. The fourth-order valence-corrected chi connectivity index (χ4v) is 2.62. The smallest absolute Gasteiger partial charge is 0.311 e. The van der Waals surface area contributed by atoms with Gasteiger partial charge in [0.05, 0.1) is 24.8 Å². The molecule has 1 saturated heterocycles. The van der Waals surface area contributed by atoms with Crippen molar-refractivity contribution in [3.05, 3.63) is 29.3 Å². The van der Waals surface area contributed by atoms with E-state index in [2.05, 4.69) is 0 Å². The number of carboxylic acid groups (broad SMARTS) is 1. The lowest BCUT2D eigenvalue weighted by Crippen LogP contribution is -2.46. The molecule has 3 N–H and O–H groups in total. The number of carbonyl (C=O) groups excluding carboxylic acids is 1. The van der Waals surface area contributed by atoms with Crippen LogP contribution in [0, 0.1) is 12.8 Å². The van der Waals surface area contributed by atoms with Gasteiger partial charge in [-0.05, 0) is 26.0 Å². The number of amides is 1. The van der Waals surface area contributed by atoms with Crippen molar-refractivity contribution in [2.75, 3.05) is 25.5 Å². The SMILES string of the molecule is CCN(C(=O)c1cc(C)ccc1N)C1COCC1C(=O)O. The summed E-state index contributed by atoms with van der Waals surface area (Å²) in [4.78, 5) is 25.5. The summed E-state index contributed by atoms with van der Waals surface area (Å²) < 4.78 is 5.25. The third-order valence-electron chi connectivity index (χ3n) is 3.81. The summed E-state index contributed by atoms with van der Waals surface area (Å²) in [6.45, 7) is 4.48. The Hall–Kier alpha value is -2.08. The van der Waals surface area contributed by atoms with Gasteiger partial charge in [-0.3, -0.25) is 9.59 Å². The van der Waals surface area contributed by atoms with Gasteiger partial charge in [0.25, 0.3) is 5.91 Å². The van der Waals surface area contributed by atoms with E-state index < -0.39 is 17.9 Å². The first-order valence-corrected chi connectivity index (χ1v) is 6.93. The van der Waals surface area contributed by atoms with Crippen LogP contribution in [-0.4, -0.2) is 47.7 Å². The molecule has 0 radical (unpaired) electrons. The lowest BCUT2D eigenvalue weighted by Gasteiger charge is -2.29. The fraction of sp³-hybridized carbons (Fsp3) is 0.467. The third kappa shape index (κ3) is 3.00. The van der Waals surface area contributed by atoms with Gasteiger partial charge in [0.2, 0.25) is 0 Å². The van der Waals surface area contributed by atoms with E-state index in [0.29, 0.717) is 17.8 Å². The Bertz CT molecular complexity index is 559. The average molecular weight is 292 g/mol. The van der Waals surface area contributed by atoms with Crippen LogP contribution < -0.4 is 5.73 Å². The third-order valence-corrected chi connectivity index (χ3v) is 3.81. The summed E-state index contributed by atoms with van der Waals surface area (Å²) in [5.41, 5.74) is 7.62. The van der Waals surface area contributed by atoms with Crippen molar-refractivity contribution in [2.45, 2.75) is 19.9 Å². The zero-order valence-corrected chi connectivity index (χ0v) is 12.2. The summed E-state index contributed by atoms with van der Waals surface area (Å²) in [5, 5.41) is 9.24.